The van der Waals surface area contributed by atoms with Gasteiger partial charge >= 0.3 is 0 Å². The van der Waals surface area contributed by atoms with E-state index in [2.05, 4.69) is 22.8 Å². The molecule has 8 heteroatoms. The molecule has 2 N–H and O–H groups in total. The number of ether oxygens (including phenoxy) is 1. The zero-order valence-corrected chi connectivity index (χ0v) is 21.1. The molecule has 2 heterocycles. The number of amides is 3. The number of nitrogens with zero attached hydrogens (tertiary/aromatic N) is 1. The van der Waals surface area contributed by atoms with E-state index >= 15 is 0 Å². The minimum absolute atomic E-state index is 0.123. The SMILES string of the molecule is O=C1CCC(N2Cc3cc(C[C@H]4CCCC[C@@H]4NCCOc4ccccc4Cl)ccc3C2=O)C(=O)N1. The van der Waals surface area contributed by atoms with E-state index in [-0.39, 0.29) is 24.1 Å². The van der Waals surface area contributed by atoms with Gasteiger partial charge in [0.05, 0.1) is 5.02 Å². The molecule has 36 heavy (non-hydrogen) atoms. The molecular weight excluding hydrogens is 478 g/mol. The highest BCUT2D eigenvalue weighted by Crippen LogP contribution is 2.32. The van der Waals surface area contributed by atoms with Gasteiger partial charge in [-0.15, -0.1) is 0 Å². The maximum absolute atomic E-state index is 13.0. The fourth-order valence-electron chi connectivity index (χ4n) is 5.75. The Hall–Kier alpha value is -2.90. The molecule has 1 unspecified atom stereocenters. The number of imide groups is 1. The predicted octanol–water partition coefficient (Wildman–Crippen LogP) is 3.87. The van der Waals surface area contributed by atoms with Crippen LogP contribution in [-0.2, 0) is 22.6 Å². The summed E-state index contributed by atoms with van der Waals surface area (Å²) in [5.74, 6) is 0.457. The van der Waals surface area contributed by atoms with Crippen LogP contribution in [0.5, 0.6) is 5.75 Å². The maximum atomic E-state index is 13.0. The van der Waals surface area contributed by atoms with Crippen molar-refractivity contribution in [2.75, 3.05) is 13.2 Å². The molecule has 0 radical (unpaired) electrons. The molecule has 1 saturated heterocycles. The van der Waals surface area contributed by atoms with Crippen LogP contribution in [0.25, 0.3) is 0 Å². The Bertz CT molecular complexity index is 1150. The first-order valence-electron chi connectivity index (χ1n) is 12.9. The van der Waals surface area contributed by atoms with Gasteiger partial charge < -0.3 is 15.0 Å². The third-order valence-corrected chi connectivity index (χ3v) is 7.91. The first-order chi connectivity index (χ1) is 17.5. The normalized spacial score (nSPS) is 24.0. The van der Waals surface area contributed by atoms with Gasteiger partial charge in [-0.1, -0.05) is 48.7 Å². The number of fused-ring (bicyclic) bond motifs is 1. The molecule has 2 aliphatic heterocycles. The molecule has 2 aromatic carbocycles. The zero-order chi connectivity index (χ0) is 25.1. The summed E-state index contributed by atoms with van der Waals surface area (Å²) in [6, 6.07) is 13.4. The van der Waals surface area contributed by atoms with Crippen molar-refractivity contribution >= 4 is 29.3 Å². The average Bonchev–Trinajstić information content (AvgIpc) is 3.19. The number of hydrogen-bond acceptors (Lipinski definition) is 5. The number of hydrogen-bond donors (Lipinski definition) is 2. The highest BCUT2D eigenvalue weighted by molar-refractivity contribution is 6.32. The minimum atomic E-state index is -0.578. The number of carbonyl (C=O) groups is 3. The van der Waals surface area contributed by atoms with Crippen LogP contribution in [-0.4, -0.2) is 47.9 Å². The lowest BCUT2D eigenvalue weighted by atomic mass is 9.80. The highest BCUT2D eigenvalue weighted by atomic mass is 35.5. The van der Waals surface area contributed by atoms with Crippen molar-refractivity contribution in [2.45, 2.75) is 63.6 Å². The highest BCUT2D eigenvalue weighted by Gasteiger charge is 2.39. The van der Waals surface area contributed by atoms with Crippen LogP contribution in [0.15, 0.2) is 42.5 Å². The molecule has 1 saturated carbocycles. The van der Waals surface area contributed by atoms with Gasteiger partial charge in [0.1, 0.15) is 18.4 Å². The van der Waals surface area contributed by atoms with Gasteiger partial charge in [-0.25, -0.2) is 0 Å². The summed E-state index contributed by atoms with van der Waals surface area (Å²) < 4.78 is 5.84. The summed E-state index contributed by atoms with van der Waals surface area (Å²) in [6.07, 6.45) is 6.35. The van der Waals surface area contributed by atoms with Crippen LogP contribution < -0.4 is 15.4 Å². The lowest BCUT2D eigenvalue weighted by Gasteiger charge is -2.32. The quantitative estimate of drug-likeness (QED) is 0.416. The van der Waals surface area contributed by atoms with Crippen LogP contribution in [0.2, 0.25) is 5.02 Å². The Balaban J connectivity index is 1.18. The number of para-hydroxylation sites is 1. The predicted molar refractivity (Wildman–Crippen MR) is 137 cm³/mol. The fraction of sp³-hybridized carbons (Fsp3) is 0.464. The molecule has 2 aromatic rings. The lowest BCUT2D eigenvalue weighted by Crippen LogP contribution is -2.52. The van der Waals surface area contributed by atoms with Crippen LogP contribution in [0.1, 0.15) is 60.0 Å². The monoisotopic (exact) mass is 509 g/mol. The van der Waals surface area contributed by atoms with E-state index in [0.717, 1.165) is 24.9 Å². The van der Waals surface area contributed by atoms with E-state index < -0.39 is 6.04 Å². The molecule has 5 rings (SSSR count). The topological polar surface area (TPSA) is 87.7 Å². The van der Waals surface area contributed by atoms with Crippen molar-refractivity contribution in [3.05, 3.63) is 64.2 Å². The van der Waals surface area contributed by atoms with Gasteiger partial charge in [-0.2, -0.15) is 0 Å². The number of rotatable bonds is 8. The summed E-state index contributed by atoms with van der Waals surface area (Å²) >= 11 is 6.18. The molecular formula is C28H32ClN3O4. The lowest BCUT2D eigenvalue weighted by molar-refractivity contribution is -0.136. The second kappa shape index (κ2) is 11.0. The second-order valence-electron chi connectivity index (χ2n) is 9.98. The number of nitrogens with one attached hydrogen (secondary N) is 2. The van der Waals surface area contributed by atoms with Crippen molar-refractivity contribution in [1.82, 2.24) is 15.5 Å². The summed E-state index contributed by atoms with van der Waals surface area (Å²) in [5.41, 5.74) is 2.85. The van der Waals surface area contributed by atoms with Gasteiger partial charge in [-0.3, -0.25) is 19.7 Å². The van der Waals surface area contributed by atoms with Crippen molar-refractivity contribution in [3.8, 4) is 5.75 Å². The number of carbonyl (C=O) groups excluding carboxylic acids is 3. The molecule has 3 atom stereocenters. The summed E-state index contributed by atoms with van der Waals surface area (Å²) in [6.45, 7) is 1.73. The smallest absolute Gasteiger partial charge is 0.255 e. The molecule has 3 amide bonds. The Kier molecular flexibility index (Phi) is 7.58. The van der Waals surface area contributed by atoms with Crippen molar-refractivity contribution in [2.24, 2.45) is 5.92 Å². The molecule has 0 bridgehead atoms. The van der Waals surface area contributed by atoms with Gasteiger partial charge in [0.25, 0.3) is 5.91 Å². The molecule has 3 aliphatic rings. The number of benzene rings is 2. The Morgan fingerprint density at radius 1 is 1.06 bits per heavy atom. The Morgan fingerprint density at radius 3 is 2.72 bits per heavy atom. The summed E-state index contributed by atoms with van der Waals surface area (Å²) in [4.78, 5) is 38.4. The zero-order valence-electron chi connectivity index (χ0n) is 20.3. The summed E-state index contributed by atoms with van der Waals surface area (Å²) in [5, 5.41) is 6.68. The van der Waals surface area contributed by atoms with Crippen LogP contribution in [0, 0.1) is 5.92 Å². The van der Waals surface area contributed by atoms with Crippen molar-refractivity contribution < 1.29 is 19.1 Å². The largest absolute Gasteiger partial charge is 0.491 e. The van der Waals surface area contributed by atoms with E-state index in [1.54, 1.807) is 4.90 Å². The third kappa shape index (κ3) is 5.42. The number of halogens is 1. The first-order valence-corrected chi connectivity index (χ1v) is 13.2. The number of piperidine rings is 1. The van der Waals surface area contributed by atoms with E-state index in [1.165, 1.54) is 24.8 Å². The second-order valence-corrected chi connectivity index (χ2v) is 10.4. The Morgan fingerprint density at radius 2 is 1.89 bits per heavy atom. The molecule has 190 valence electrons. The average molecular weight is 510 g/mol. The van der Waals surface area contributed by atoms with Crippen LogP contribution in [0.4, 0.5) is 0 Å². The fourth-order valence-corrected chi connectivity index (χ4v) is 5.94. The van der Waals surface area contributed by atoms with Crippen molar-refractivity contribution in [3.63, 3.8) is 0 Å². The van der Waals surface area contributed by atoms with Gasteiger partial charge in [0.15, 0.2) is 0 Å². The van der Waals surface area contributed by atoms with E-state index in [4.69, 9.17) is 16.3 Å². The van der Waals surface area contributed by atoms with E-state index in [0.29, 0.717) is 47.9 Å². The van der Waals surface area contributed by atoms with Gasteiger partial charge in [0.2, 0.25) is 11.8 Å². The van der Waals surface area contributed by atoms with Gasteiger partial charge in [-0.05, 0) is 60.9 Å². The molecule has 0 aromatic heterocycles. The Labute approximate surface area is 216 Å². The standard InChI is InChI=1S/C28H32ClN3O4/c29-22-6-2-4-8-25(22)36-14-13-30-23-7-3-1-5-19(23)15-18-9-10-21-20(16-18)17-32(28(21)35)24-11-12-26(33)31-27(24)34/h2,4,6,8-10,16,19,23-24,30H,1,3,5,7,11-15,17H2,(H,31,33,34)/t19-,23+,24?/m1/s1. The molecule has 7 nitrogen and oxygen atoms in total. The third-order valence-electron chi connectivity index (χ3n) is 7.60. The van der Waals surface area contributed by atoms with Crippen molar-refractivity contribution in [1.29, 1.82) is 0 Å². The summed E-state index contributed by atoms with van der Waals surface area (Å²) in [7, 11) is 0. The van der Waals surface area contributed by atoms with E-state index in [1.807, 2.05) is 30.3 Å². The minimum Gasteiger partial charge on any atom is -0.491 e. The molecule has 0 spiro atoms. The first kappa shape index (κ1) is 24.8. The van der Waals surface area contributed by atoms with Crippen LogP contribution in [0.3, 0.4) is 0 Å². The van der Waals surface area contributed by atoms with E-state index in [9.17, 15) is 14.4 Å². The maximum Gasteiger partial charge on any atom is 0.255 e. The van der Waals surface area contributed by atoms with Crippen LogP contribution >= 0.6 is 11.6 Å². The molecule has 2 fully saturated rings. The van der Waals surface area contributed by atoms with Gasteiger partial charge in [0, 0.05) is 31.1 Å². The molecule has 1 aliphatic carbocycles.